The molecule has 0 aliphatic rings. The summed E-state index contributed by atoms with van der Waals surface area (Å²) >= 11 is 0. The smallest absolute Gasteiger partial charge is 0.352 e. The Morgan fingerprint density at radius 1 is 1.25 bits per heavy atom. The van der Waals surface area contributed by atoms with E-state index >= 15 is 0 Å². The van der Waals surface area contributed by atoms with Crippen molar-refractivity contribution >= 4 is 21.5 Å². The number of para-hydroxylation sites is 1. The fourth-order valence-corrected chi connectivity index (χ4v) is 3.27. The van der Waals surface area contributed by atoms with Crippen molar-refractivity contribution in [1.29, 1.82) is 0 Å². The van der Waals surface area contributed by atoms with Gasteiger partial charge in [0.25, 0.3) is 5.69 Å². The molecule has 0 N–H and O–H groups in total. The van der Waals surface area contributed by atoms with Crippen molar-refractivity contribution < 1.29 is 22.9 Å². The van der Waals surface area contributed by atoms with Crippen LogP contribution in [-0.4, -0.2) is 43.9 Å². The molecule has 1 aromatic carbocycles. The van der Waals surface area contributed by atoms with Gasteiger partial charge in [-0.05, 0) is 26.8 Å². The standard InChI is InChI=1S/C15H20N2O6S/c1-15(2,3)23-14(18)13(10-16(4)5)24(21,22)12-9-7-6-8-11(12)17(19)20/h6-10H,1-5H3/b13-10+. The minimum Gasteiger partial charge on any atom is -0.456 e. The van der Waals surface area contributed by atoms with Crippen molar-refractivity contribution in [3.8, 4) is 0 Å². The molecule has 0 aromatic heterocycles. The highest BCUT2D eigenvalue weighted by molar-refractivity contribution is 7.96. The molecule has 9 heteroatoms. The Hall–Kier alpha value is -2.42. The second-order valence-corrected chi connectivity index (χ2v) is 8.07. The van der Waals surface area contributed by atoms with Gasteiger partial charge in [-0.15, -0.1) is 0 Å². The SMILES string of the molecule is CN(C)/C=C(\C(=O)OC(C)(C)C)S(=O)(=O)c1ccccc1[N+](=O)[O-]. The Kier molecular flexibility index (Phi) is 5.72. The van der Waals surface area contributed by atoms with E-state index in [0.29, 0.717) is 0 Å². The van der Waals surface area contributed by atoms with Gasteiger partial charge < -0.3 is 9.64 Å². The summed E-state index contributed by atoms with van der Waals surface area (Å²) in [7, 11) is -1.39. The number of hydrogen-bond acceptors (Lipinski definition) is 7. The molecule has 1 aromatic rings. The Balaban J connectivity index is 3.54. The molecule has 0 aliphatic heterocycles. The molecule has 0 radical (unpaired) electrons. The molecule has 1 rings (SSSR count). The lowest BCUT2D eigenvalue weighted by atomic mass is 10.2. The van der Waals surface area contributed by atoms with Crippen molar-refractivity contribution in [2.24, 2.45) is 0 Å². The fraction of sp³-hybridized carbons (Fsp3) is 0.400. The molecule has 0 saturated carbocycles. The maximum absolute atomic E-state index is 12.8. The van der Waals surface area contributed by atoms with Crippen LogP contribution >= 0.6 is 0 Å². The van der Waals surface area contributed by atoms with Crippen LogP contribution in [0.2, 0.25) is 0 Å². The van der Waals surface area contributed by atoms with Gasteiger partial charge in [0.15, 0.2) is 4.91 Å². The van der Waals surface area contributed by atoms with Gasteiger partial charge >= 0.3 is 5.97 Å². The van der Waals surface area contributed by atoms with E-state index in [4.69, 9.17) is 4.74 Å². The number of rotatable bonds is 5. The first-order chi connectivity index (χ1) is 10.9. The number of nitro groups is 1. The Morgan fingerprint density at radius 3 is 2.25 bits per heavy atom. The second-order valence-electron chi connectivity index (χ2n) is 6.19. The molecule has 0 unspecified atom stereocenters. The average Bonchev–Trinajstić information content (AvgIpc) is 2.42. The van der Waals surface area contributed by atoms with Crippen molar-refractivity contribution in [3.05, 3.63) is 45.5 Å². The first-order valence-electron chi connectivity index (χ1n) is 6.96. The van der Waals surface area contributed by atoms with Crippen molar-refractivity contribution in [2.75, 3.05) is 14.1 Å². The summed E-state index contributed by atoms with van der Waals surface area (Å²) in [5, 5.41) is 11.1. The largest absolute Gasteiger partial charge is 0.456 e. The van der Waals surface area contributed by atoms with Crippen LogP contribution in [0.5, 0.6) is 0 Å². The van der Waals surface area contributed by atoms with Crippen molar-refractivity contribution in [1.82, 2.24) is 4.90 Å². The van der Waals surface area contributed by atoms with Crippen LogP contribution in [0.25, 0.3) is 0 Å². The van der Waals surface area contributed by atoms with E-state index in [1.807, 2.05) is 0 Å². The lowest BCUT2D eigenvalue weighted by molar-refractivity contribution is -0.387. The van der Waals surface area contributed by atoms with E-state index in [0.717, 1.165) is 18.3 Å². The number of esters is 1. The normalized spacial score (nSPS) is 12.6. The molecular formula is C15H20N2O6S. The second kappa shape index (κ2) is 7.00. The summed E-state index contributed by atoms with van der Waals surface area (Å²) in [4.78, 5) is 22.7. The van der Waals surface area contributed by atoms with E-state index in [1.165, 1.54) is 31.1 Å². The van der Waals surface area contributed by atoms with Crippen LogP contribution in [0.15, 0.2) is 40.3 Å². The Morgan fingerprint density at radius 2 is 1.79 bits per heavy atom. The summed E-state index contributed by atoms with van der Waals surface area (Å²) in [6.07, 6.45) is 1.07. The van der Waals surface area contributed by atoms with Gasteiger partial charge in [0.05, 0.1) is 4.92 Å². The third-order valence-electron chi connectivity index (χ3n) is 2.62. The number of nitrogens with zero attached hydrogens (tertiary/aromatic N) is 2. The average molecular weight is 356 g/mol. The van der Waals surface area contributed by atoms with Crippen LogP contribution in [0.3, 0.4) is 0 Å². The highest BCUT2D eigenvalue weighted by atomic mass is 32.2. The Bertz CT molecular complexity index is 775. The first-order valence-corrected chi connectivity index (χ1v) is 8.44. The van der Waals surface area contributed by atoms with E-state index in [9.17, 15) is 23.3 Å². The molecule has 0 saturated heterocycles. The summed E-state index contributed by atoms with van der Waals surface area (Å²) in [6, 6.07) is 4.85. The number of carbonyl (C=O) groups is 1. The summed E-state index contributed by atoms with van der Waals surface area (Å²) < 4.78 is 30.8. The molecule has 0 atom stereocenters. The van der Waals surface area contributed by atoms with Gasteiger partial charge in [-0.25, -0.2) is 13.2 Å². The maximum atomic E-state index is 12.8. The topological polar surface area (TPSA) is 107 Å². The molecule has 8 nitrogen and oxygen atoms in total. The van der Waals surface area contributed by atoms with E-state index in [-0.39, 0.29) is 0 Å². The minimum atomic E-state index is -4.44. The minimum absolute atomic E-state index is 0.561. The van der Waals surface area contributed by atoms with Crippen LogP contribution < -0.4 is 0 Å². The maximum Gasteiger partial charge on any atom is 0.352 e. The fourth-order valence-electron chi connectivity index (χ4n) is 1.75. The first kappa shape index (κ1) is 19.6. The molecular weight excluding hydrogens is 336 g/mol. The third-order valence-corrected chi connectivity index (χ3v) is 4.39. The number of carbonyl (C=O) groups excluding carboxylic acids is 1. The lowest BCUT2D eigenvalue weighted by Gasteiger charge is -2.21. The van der Waals surface area contributed by atoms with Gasteiger partial charge in [0.1, 0.15) is 10.5 Å². The molecule has 0 aliphatic carbocycles. The number of hydrogen-bond donors (Lipinski definition) is 0. The van der Waals surface area contributed by atoms with Crippen LogP contribution in [0, 0.1) is 10.1 Å². The number of ether oxygens (including phenoxy) is 1. The molecule has 24 heavy (non-hydrogen) atoms. The number of benzene rings is 1. The molecule has 0 amide bonds. The summed E-state index contributed by atoms with van der Waals surface area (Å²) in [5.74, 6) is -1.07. The van der Waals surface area contributed by atoms with Gasteiger partial charge in [-0.2, -0.15) is 0 Å². The van der Waals surface area contributed by atoms with Gasteiger partial charge in [-0.1, -0.05) is 12.1 Å². The highest BCUT2D eigenvalue weighted by Gasteiger charge is 2.35. The number of nitro benzene ring substituents is 1. The van der Waals surface area contributed by atoms with Gasteiger partial charge in [0, 0.05) is 26.4 Å². The number of sulfone groups is 1. The zero-order valence-electron chi connectivity index (χ0n) is 14.1. The van der Waals surface area contributed by atoms with Gasteiger partial charge in [-0.3, -0.25) is 10.1 Å². The summed E-state index contributed by atoms with van der Waals surface area (Å²) in [5.41, 5.74) is -1.52. The monoisotopic (exact) mass is 356 g/mol. The predicted molar refractivity (Wildman–Crippen MR) is 87.9 cm³/mol. The molecule has 0 heterocycles. The summed E-state index contributed by atoms with van der Waals surface area (Å²) in [6.45, 7) is 4.78. The molecule has 132 valence electrons. The van der Waals surface area contributed by atoms with Crippen LogP contribution in [0.4, 0.5) is 5.69 Å². The van der Waals surface area contributed by atoms with Crippen LogP contribution in [-0.2, 0) is 19.4 Å². The van der Waals surface area contributed by atoms with Crippen molar-refractivity contribution in [2.45, 2.75) is 31.3 Å². The van der Waals surface area contributed by atoms with Crippen molar-refractivity contribution in [3.63, 3.8) is 0 Å². The van der Waals surface area contributed by atoms with E-state index in [1.54, 1.807) is 20.8 Å². The molecule has 0 fully saturated rings. The molecule has 0 spiro atoms. The Labute approximate surface area is 140 Å². The molecule has 0 bridgehead atoms. The third kappa shape index (κ3) is 4.79. The lowest BCUT2D eigenvalue weighted by Crippen LogP contribution is -2.28. The van der Waals surface area contributed by atoms with Gasteiger partial charge in [0.2, 0.25) is 9.84 Å². The van der Waals surface area contributed by atoms with E-state index < -0.39 is 41.8 Å². The highest BCUT2D eigenvalue weighted by Crippen LogP contribution is 2.29. The van der Waals surface area contributed by atoms with Crippen LogP contribution in [0.1, 0.15) is 20.8 Å². The zero-order chi connectivity index (χ0) is 18.7. The van der Waals surface area contributed by atoms with E-state index in [2.05, 4.69) is 0 Å². The predicted octanol–water partition coefficient (Wildman–Crippen LogP) is 2.11. The quantitative estimate of drug-likeness (QED) is 0.344. The zero-order valence-corrected chi connectivity index (χ0v) is 15.0.